The third-order valence-electron chi connectivity index (χ3n) is 2.10. The second kappa shape index (κ2) is 4.47. The Bertz CT molecular complexity index is 607. The second-order valence-corrected chi connectivity index (χ2v) is 4.98. The van der Waals surface area contributed by atoms with E-state index in [1.807, 2.05) is 0 Å². The summed E-state index contributed by atoms with van der Waals surface area (Å²) in [5.74, 6) is -0.180. The highest BCUT2D eigenvalue weighted by molar-refractivity contribution is 7.90. The van der Waals surface area contributed by atoms with Crippen LogP contribution in [0.1, 0.15) is 0 Å². The molecule has 1 aromatic carbocycles. The molecule has 1 aliphatic rings. The van der Waals surface area contributed by atoms with Crippen LogP contribution in [0.5, 0.6) is 0 Å². The molecule has 1 aliphatic carbocycles. The van der Waals surface area contributed by atoms with Gasteiger partial charge in [0.05, 0.1) is 10.6 Å². The van der Waals surface area contributed by atoms with Gasteiger partial charge in [-0.3, -0.25) is 4.79 Å². The Morgan fingerprint density at radius 3 is 2.06 bits per heavy atom. The zero-order chi connectivity index (χ0) is 12.3. The monoisotopic (exact) mass is 247 g/mol. The molecule has 5 heteroatoms. The molecule has 0 amide bonds. The Morgan fingerprint density at radius 2 is 1.47 bits per heavy atom. The molecular weight excluding hydrogens is 238 g/mol. The van der Waals surface area contributed by atoms with E-state index in [1.165, 1.54) is 36.4 Å². The topological polar surface area (TPSA) is 63.6 Å². The van der Waals surface area contributed by atoms with Crippen LogP contribution >= 0.6 is 0 Å². The van der Waals surface area contributed by atoms with Crippen LogP contribution < -0.4 is 0 Å². The van der Waals surface area contributed by atoms with E-state index in [1.54, 1.807) is 18.2 Å². The van der Waals surface area contributed by atoms with E-state index in [0.717, 1.165) is 0 Å². The number of sulfonamides is 1. The van der Waals surface area contributed by atoms with Crippen molar-refractivity contribution < 1.29 is 13.2 Å². The maximum absolute atomic E-state index is 11.8. The number of nitrogens with zero attached hydrogens (tertiary/aromatic N) is 1. The maximum Gasteiger partial charge on any atom is 0.282 e. The summed E-state index contributed by atoms with van der Waals surface area (Å²) in [4.78, 5) is 11.0. The first-order valence-electron chi connectivity index (χ1n) is 4.88. The molecule has 0 N–H and O–H groups in total. The van der Waals surface area contributed by atoms with E-state index in [2.05, 4.69) is 4.40 Å². The summed E-state index contributed by atoms with van der Waals surface area (Å²) < 4.78 is 27.3. The van der Waals surface area contributed by atoms with Gasteiger partial charge in [-0.2, -0.15) is 12.8 Å². The van der Waals surface area contributed by atoms with Crippen LogP contribution in [0, 0.1) is 0 Å². The highest BCUT2D eigenvalue weighted by Crippen LogP contribution is 2.12. The van der Waals surface area contributed by atoms with Crippen molar-refractivity contribution in [2.75, 3.05) is 0 Å². The molecule has 1 aromatic rings. The molecule has 0 saturated carbocycles. The van der Waals surface area contributed by atoms with Crippen molar-refractivity contribution in [2.45, 2.75) is 4.90 Å². The van der Waals surface area contributed by atoms with Crippen LogP contribution in [0.2, 0.25) is 0 Å². The number of allylic oxidation sites excluding steroid dienone is 4. The Morgan fingerprint density at radius 1 is 0.882 bits per heavy atom. The number of hydrogen-bond donors (Lipinski definition) is 0. The van der Waals surface area contributed by atoms with Crippen LogP contribution in [0.15, 0.2) is 63.9 Å². The molecule has 0 fully saturated rings. The number of hydrogen-bond acceptors (Lipinski definition) is 3. The number of carbonyl (C=O) groups excluding carboxylic acids is 1. The highest BCUT2D eigenvalue weighted by atomic mass is 32.2. The summed E-state index contributed by atoms with van der Waals surface area (Å²) in [6.45, 7) is 0. The van der Waals surface area contributed by atoms with Crippen LogP contribution in [-0.2, 0) is 14.8 Å². The van der Waals surface area contributed by atoms with Crippen LogP contribution in [0.25, 0.3) is 0 Å². The van der Waals surface area contributed by atoms with Gasteiger partial charge in [-0.25, -0.2) is 0 Å². The van der Waals surface area contributed by atoms with Gasteiger partial charge in [0.15, 0.2) is 5.78 Å². The molecule has 0 spiro atoms. The molecule has 17 heavy (non-hydrogen) atoms. The van der Waals surface area contributed by atoms with Crippen molar-refractivity contribution >= 4 is 21.5 Å². The lowest BCUT2D eigenvalue weighted by molar-refractivity contribution is -0.110. The van der Waals surface area contributed by atoms with Crippen molar-refractivity contribution in [3.05, 3.63) is 54.6 Å². The lowest BCUT2D eigenvalue weighted by atomic mass is 10.2. The summed E-state index contributed by atoms with van der Waals surface area (Å²) in [5, 5.41) is 0. The van der Waals surface area contributed by atoms with Crippen molar-refractivity contribution in [3.8, 4) is 0 Å². The molecule has 2 rings (SSSR count). The zero-order valence-electron chi connectivity index (χ0n) is 8.78. The van der Waals surface area contributed by atoms with Gasteiger partial charge in [0, 0.05) is 0 Å². The number of rotatable bonds is 2. The Kier molecular flexibility index (Phi) is 3.01. The van der Waals surface area contributed by atoms with Crippen molar-refractivity contribution in [1.29, 1.82) is 0 Å². The summed E-state index contributed by atoms with van der Waals surface area (Å²) in [6.07, 6.45) is 5.31. The highest BCUT2D eigenvalue weighted by Gasteiger charge is 2.12. The first-order chi connectivity index (χ1) is 8.08. The molecule has 0 bridgehead atoms. The number of ketones is 1. The Balaban J connectivity index is 2.37. The molecule has 4 nitrogen and oxygen atoms in total. The van der Waals surface area contributed by atoms with Gasteiger partial charge in [0.2, 0.25) is 0 Å². The lowest BCUT2D eigenvalue weighted by Gasteiger charge is -2.01. The largest absolute Gasteiger partial charge is 0.290 e. The standard InChI is InChI=1S/C12H9NO3S/c14-11-8-6-10(7-9-11)13-17(15,16)12-4-2-1-3-5-12/h1-9H. The van der Waals surface area contributed by atoms with E-state index < -0.39 is 10.0 Å². The minimum atomic E-state index is -3.70. The zero-order valence-corrected chi connectivity index (χ0v) is 9.59. The minimum Gasteiger partial charge on any atom is -0.290 e. The molecule has 0 aliphatic heterocycles. The Hall–Kier alpha value is -2.01. The van der Waals surface area contributed by atoms with Gasteiger partial charge in [-0.1, -0.05) is 18.2 Å². The first-order valence-corrected chi connectivity index (χ1v) is 6.32. The third kappa shape index (κ3) is 2.76. The Labute approximate surface area is 99.1 Å². The summed E-state index contributed by atoms with van der Waals surface area (Å²) in [5.41, 5.74) is 0.244. The van der Waals surface area contributed by atoms with Gasteiger partial charge >= 0.3 is 0 Å². The molecule has 0 atom stereocenters. The predicted octanol–water partition coefficient (Wildman–Crippen LogP) is 1.51. The van der Waals surface area contributed by atoms with Crippen molar-refractivity contribution in [3.63, 3.8) is 0 Å². The fraction of sp³-hybridized carbons (Fsp3) is 0. The molecule has 0 unspecified atom stereocenters. The molecule has 0 heterocycles. The van der Waals surface area contributed by atoms with Gasteiger partial charge < -0.3 is 0 Å². The fourth-order valence-electron chi connectivity index (χ4n) is 1.29. The SMILES string of the molecule is O=C1C=CC(=NS(=O)(=O)c2ccccc2)C=C1. The molecule has 0 saturated heterocycles. The van der Waals surface area contributed by atoms with E-state index in [-0.39, 0.29) is 16.4 Å². The van der Waals surface area contributed by atoms with Crippen molar-refractivity contribution in [1.82, 2.24) is 0 Å². The fourth-order valence-corrected chi connectivity index (χ4v) is 2.30. The van der Waals surface area contributed by atoms with E-state index in [0.29, 0.717) is 0 Å². The lowest BCUT2D eigenvalue weighted by Crippen LogP contribution is -2.04. The second-order valence-electron chi connectivity index (χ2n) is 3.37. The van der Waals surface area contributed by atoms with Crippen LogP contribution in [0.4, 0.5) is 0 Å². The maximum atomic E-state index is 11.8. The van der Waals surface area contributed by atoms with Gasteiger partial charge in [-0.15, -0.1) is 0 Å². The number of carbonyl (C=O) groups is 1. The van der Waals surface area contributed by atoms with Gasteiger partial charge in [0.1, 0.15) is 0 Å². The number of benzene rings is 1. The summed E-state index contributed by atoms with van der Waals surface area (Å²) in [6, 6.07) is 7.93. The molecule has 0 aromatic heterocycles. The smallest absolute Gasteiger partial charge is 0.282 e. The average molecular weight is 247 g/mol. The third-order valence-corrected chi connectivity index (χ3v) is 3.42. The predicted molar refractivity (Wildman–Crippen MR) is 64.3 cm³/mol. The van der Waals surface area contributed by atoms with Gasteiger partial charge in [0.25, 0.3) is 10.0 Å². The van der Waals surface area contributed by atoms with Crippen molar-refractivity contribution in [2.24, 2.45) is 4.40 Å². The van der Waals surface area contributed by atoms with E-state index in [9.17, 15) is 13.2 Å². The van der Waals surface area contributed by atoms with Gasteiger partial charge in [-0.05, 0) is 36.4 Å². The average Bonchev–Trinajstić information content (AvgIpc) is 2.33. The summed E-state index contributed by atoms with van der Waals surface area (Å²) in [7, 11) is -3.70. The molecular formula is C12H9NO3S. The summed E-state index contributed by atoms with van der Waals surface area (Å²) >= 11 is 0. The van der Waals surface area contributed by atoms with E-state index in [4.69, 9.17) is 0 Å². The minimum absolute atomic E-state index is 0.131. The normalized spacial score (nSPS) is 15.1. The van der Waals surface area contributed by atoms with E-state index >= 15 is 0 Å². The molecule has 0 radical (unpaired) electrons. The first kappa shape index (κ1) is 11.5. The quantitative estimate of drug-likeness (QED) is 0.744. The van der Waals surface area contributed by atoms with Crippen LogP contribution in [-0.4, -0.2) is 19.9 Å². The molecule has 86 valence electrons. The van der Waals surface area contributed by atoms with Crippen LogP contribution in [0.3, 0.4) is 0 Å².